The van der Waals surface area contributed by atoms with Crippen LogP contribution in [0.2, 0.25) is 0 Å². The summed E-state index contributed by atoms with van der Waals surface area (Å²) in [4.78, 5) is 35.2. The summed E-state index contributed by atoms with van der Waals surface area (Å²) in [5.41, 5.74) is 1.92. The maximum Gasteiger partial charge on any atom is 0.331 e. The topological polar surface area (TPSA) is 81.7 Å². The van der Waals surface area contributed by atoms with E-state index in [1.54, 1.807) is 6.08 Å². The van der Waals surface area contributed by atoms with Crippen LogP contribution in [0.5, 0.6) is 0 Å². The number of ether oxygens (including phenoxy) is 2. The van der Waals surface area contributed by atoms with E-state index in [4.69, 9.17) is 4.74 Å². The third-order valence-corrected chi connectivity index (χ3v) is 3.46. The number of carbonyl (C=O) groups is 3. The smallest absolute Gasteiger partial charge is 0.331 e. The molecule has 0 spiro atoms. The van der Waals surface area contributed by atoms with Crippen LogP contribution in [-0.2, 0) is 23.9 Å². The Labute approximate surface area is 148 Å². The number of nitrogens with one attached hydrogen (secondary N) is 1. The van der Waals surface area contributed by atoms with Gasteiger partial charge >= 0.3 is 11.9 Å². The summed E-state index contributed by atoms with van der Waals surface area (Å²) in [5.74, 6) is -1.50. The number of benzene rings is 1. The summed E-state index contributed by atoms with van der Waals surface area (Å²) >= 11 is 0. The summed E-state index contributed by atoms with van der Waals surface area (Å²) in [5, 5.41) is 2.52. The van der Waals surface area contributed by atoms with Crippen molar-refractivity contribution >= 4 is 23.9 Å². The van der Waals surface area contributed by atoms with Gasteiger partial charge in [0, 0.05) is 6.08 Å². The van der Waals surface area contributed by atoms with Gasteiger partial charge < -0.3 is 14.8 Å². The highest BCUT2D eigenvalue weighted by Crippen LogP contribution is 2.09. The molecule has 6 nitrogen and oxygen atoms in total. The van der Waals surface area contributed by atoms with Gasteiger partial charge in [0.1, 0.15) is 6.04 Å². The first-order valence-electron chi connectivity index (χ1n) is 8.11. The van der Waals surface area contributed by atoms with Crippen molar-refractivity contribution in [1.29, 1.82) is 0 Å². The van der Waals surface area contributed by atoms with Gasteiger partial charge in [-0.3, -0.25) is 4.79 Å². The van der Waals surface area contributed by atoms with Crippen molar-refractivity contribution in [3.05, 3.63) is 41.5 Å². The first kappa shape index (κ1) is 20.4. The van der Waals surface area contributed by atoms with Crippen LogP contribution in [0.4, 0.5) is 0 Å². The molecule has 136 valence electrons. The predicted octanol–water partition coefficient (Wildman–Crippen LogP) is 2.26. The molecular weight excluding hydrogens is 322 g/mol. The fraction of sp³-hybridized carbons (Fsp3) is 0.421. The summed E-state index contributed by atoms with van der Waals surface area (Å²) in [6, 6.07) is 6.83. The molecule has 0 aliphatic heterocycles. The van der Waals surface area contributed by atoms with Crippen LogP contribution in [0.25, 0.3) is 6.08 Å². The maximum atomic E-state index is 11.9. The normalized spacial score (nSPS) is 12.0. The summed E-state index contributed by atoms with van der Waals surface area (Å²) in [6.07, 6.45) is 3.34. The molecule has 1 aromatic carbocycles. The Kier molecular flexibility index (Phi) is 8.39. The highest BCUT2D eigenvalue weighted by molar-refractivity contribution is 5.90. The molecule has 1 N–H and O–H groups in total. The molecule has 0 aliphatic carbocycles. The van der Waals surface area contributed by atoms with Crippen LogP contribution < -0.4 is 5.32 Å². The first-order chi connectivity index (χ1) is 11.8. The lowest BCUT2D eigenvalue weighted by atomic mass is 10.0. The van der Waals surface area contributed by atoms with Gasteiger partial charge in [0.05, 0.1) is 7.11 Å². The van der Waals surface area contributed by atoms with E-state index < -0.39 is 30.5 Å². The molecule has 0 fully saturated rings. The molecule has 1 aromatic rings. The molecule has 0 bridgehead atoms. The average molecular weight is 347 g/mol. The summed E-state index contributed by atoms with van der Waals surface area (Å²) in [6.45, 7) is 5.33. The maximum absolute atomic E-state index is 11.9. The van der Waals surface area contributed by atoms with E-state index in [2.05, 4.69) is 10.1 Å². The summed E-state index contributed by atoms with van der Waals surface area (Å²) in [7, 11) is 1.26. The largest absolute Gasteiger partial charge is 0.467 e. The molecule has 0 radical (unpaired) electrons. The van der Waals surface area contributed by atoms with Crippen LogP contribution in [0.1, 0.15) is 31.4 Å². The molecule has 1 amide bonds. The number of carbonyl (C=O) groups excluding carboxylic acids is 3. The zero-order chi connectivity index (χ0) is 18.8. The summed E-state index contributed by atoms with van der Waals surface area (Å²) < 4.78 is 9.56. The van der Waals surface area contributed by atoms with Crippen LogP contribution in [0.3, 0.4) is 0 Å². The van der Waals surface area contributed by atoms with E-state index in [9.17, 15) is 14.4 Å². The monoisotopic (exact) mass is 347 g/mol. The Morgan fingerprint density at radius 2 is 1.88 bits per heavy atom. The quantitative estimate of drug-likeness (QED) is 0.576. The molecule has 1 rings (SSSR count). The van der Waals surface area contributed by atoms with Crippen LogP contribution in [0.15, 0.2) is 30.3 Å². The molecule has 0 unspecified atom stereocenters. The average Bonchev–Trinajstić information content (AvgIpc) is 2.57. The van der Waals surface area contributed by atoms with Gasteiger partial charge in [-0.2, -0.15) is 0 Å². The zero-order valence-electron chi connectivity index (χ0n) is 15.1. The molecule has 0 aliphatic rings. The lowest BCUT2D eigenvalue weighted by Gasteiger charge is -2.18. The van der Waals surface area contributed by atoms with E-state index >= 15 is 0 Å². The molecule has 0 saturated heterocycles. The lowest BCUT2D eigenvalue weighted by Crippen LogP contribution is -2.44. The molecule has 0 heterocycles. The highest BCUT2D eigenvalue weighted by atomic mass is 16.5. The standard InChI is InChI=1S/C19H25NO5/c1-13(2)11-16(19(23)24-4)20-17(21)12-25-18(22)10-9-15-8-6-5-7-14(15)3/h5-10,13,16H,11-12H2,1-4H3,(H,20,21)/b10-9+/t16-/m1/s1. The number of hydrogen-bond acceptors (Lipinski definition) is 5. The number of rotatable bonds is 8. The van der Waals surface area contributed by atoms with Crippen molar-refractivity contribution in [2.45, 2.75) is 33.2 Å². The van der Waals surface area contributed by atoms with E-state index in [0.29, 0.717) is 6.42 Å². The van der Waals surface area contributed by atoms with E-state index in [1.165, 1.54) is 13.2 Å². The first-order valence-corrected chi connectivity index (χ1v) is 8.11. The number of esters is 2. The minimum Gasteiger partial charge on any atom is -0.467 e. The van der Waals surface area contributed by atoms with Gasteiger partial charge in [-0.25, -0.2) is 9.59 Å². The second-order valence-electron chi connectivity index (χ2n) is 6.07. The van der Waals surface area contributed by atoms with Gasteiger partial charge in [-0.05, 0) is 36.5 Å². The number of methoxy groups -OCH3 is 1. The second-order valence-corrected chi connectivity index (χ2v) is 6.07. The molecule has 0 aromatic heterocycles. The van der Waals surface area contributed by atoms with Crippen molar-refractivity contribution in [2.24, 2.45) is 5.92 Å². The number of amides is 1. The number of aryl methyl sites for hydroxylation is 1. The highest BCUT2D eigenvalue weighted by Gasteiger charge is 2.22. The minimum absolute atomic E-state index is 0.198. The Hall–Kier alpha value is -2.63. The third-order valence-electron chi connectivity index (χ3n) is 3.46. The fourth-order valence-corrected chi connectivity index (χ4v) is 2.18. The van der Waals surface area contributed by atoms with Gasteiger partial charge in [0.2, 0.25) is 0 Å². The van der Waals surface area contributed by atoms with E-state index in [-0.39, 0.29) is 5.92 Å². The van der Waals surface area contributed by atoms with Crippen molar-refractivity contribution < 1.29 is 23.9 Å². The Morgan fingerprint density at radius 1 is 1.20 bits per heavy atom. The fourth-order valence-electron chi connectivity index (χ4n) is 2.18. The lowest BCUT2D eigenvalue weighted by molar-refractivity contribution is -0.148. The van der Waals surface area contributed by atoms with Gasteiger partial charge in [-0.15, -0.1) is 0 Å². The third kappa shape index (κ3) is 7.65. The van der Waals surface area contributed by atoms with Crippen LogP contribution >= 0.6 is 0 Å². The van der Waals surface area contributed by atoms with Gasteiger partial charge in [-0.1, -0.05) is 38.1 Å². The Balaban J connectivity index is 2.50. The Bertz CT molecular complexity index is 636. The zero-order valence-corrected chi connectivity index (χ0v) is 15.1. The van der Waals surface area contributed by atoms with E-state index in [0.717, 1.165) is 11.1 Å². The van der Waals surface area contributed by atoms with Crippen molar-refractivity contribution in [3.63, 3.8) is 0 Å². The van der Waals surface area contributed by atoms with Crippen LogP contribution in [-0.4, -0.2) is 37.6 Å². The minimum atomic E-state index is -0.751. The van der Waals surface area contributed by atoms with Crippen molar-refractivity contribution in [1.82, 2.24) is 5.32 Å². The van der Waals surface area contributed by atoms with Gasteiger partial charge in [0.25, 0.3) is 5.91 Å². The molecule has 1 atom stereocenters. The van der Waals surface area contributed by atoms with Crippen molar-refractivity contribution in [3.8, 4) is 0 Å². The van der Waals surface area contributed by atoms with Gasteiger partial charge in [0.15, 0.2) is 6.61 Å². The molecular formula is C19H25NO5. The Morgan fingerprint density at radius 3 is 2.48 bits per heavy atom. The SMILES string of the molecule is COC(=O)[C@@H](CC(C)C)NC(=O)COC(=O)/C=C/c1ccccc1C. The predicted molar refractivity (Wildman–Crippen MR) is 94.6 cm³/mol. The van der Waals surface area contributed by atoms with Crippen molar-refractivity contribution in [2.75, 3.05) is 13.7 Å². The molecule has 6 heteroatoms. The van der Waals surface area contributed by atoms with E-state index in [1.807, 2.05) is 45.0 Å². The molecule has 0 saturated carbocycles. The number of hydrogen-bond donors (Lipinski definition) is 1. The van der Waals surface area contributed by atoms with Crippen LogP contribution in [0, 0.1) is 12.8 Å². The molecule has 25 heavy (non-hydrogen) atoms. The second kappa shape index (κ2) is 10.3.